The van der Waals surface area contributed by atoms with Gasteiger partial charge in [-0.3, -0.25) is 4.79 Å². The third-order valence-electron chi connectivity index (χ3n) is 6.53. The minimum absolute atomic E-state index is 0.157. The van der Waals surface area contributed by atoms with Gasteiger partial charge < -0.3 is 19.8 Å². The number of hydrogen-bond acceptors (Lipinski definition) is 6. The Bertz CT molecular complexity index is 1220. The summed E-state index contributed by atoms with van der Waals surface area (Å²) in [5.41, 5.74) is 2.09. The van der Waals surface area contributed by atoms with E-state index in [9.17, 15) is 13.2 Å². The number of amides is 1. The lowest BCUT2D eigenvalue weighted by Crippen LogP contribution is -2.34. The van der Waals surface area contributed by atoms with Crippen LogP contribution in [0, 0.1) is 5.92 Å². The predicted octanol–water partition coefficient (Wildman–Crippen LogP) is 2.34. The quantitative estimate of drug-likeness (QED) is 0.373. The van der Waals surface area contributed by atoms with E-state index in [0.717, 1.165) is 50.0 Å². The average Bonchev–Trinajstić information content (AvgIpc) is 3.36. The normalized spacial score (nSPS) is 15.8. The lowest BCUT2D eigenvalue weighted by atomic mass is 9.92. The first kappa shape index (κ1) is 25.3. The molecule has 1 saturated heterocycles. The zero-order chi connectivity index (χ0) is 24.7. The minimum Gasteiger partial charge on any atom is -0.380 e. The van der Waals surface area contributed by atoms with Gasteiger partial charge in [0.25, 0.3) is 5.91 Å². The number of nitrogens with one attached hydrogen (secondary N) is 3. The van der Waals surface area contributed by atoms with E-state index in [1.54, 1.807) is 66.5 Å². The minimum atomic E-state index is -3.65. The molecular formula is C25H33N5O4S. The SMILES string of the molecule is COC(CCC1CCNCC1)CNS(=O)(=O)c1ccc(CNC(=O)c2ccc3nccn3c2)cc1. The molecule has 9 nitrogen and oxygen atoms in total. The summed E-state index contributed by atoms with van der Waals surface area (Å²) in [7, 11) is -2.03. The molecule has 2 aromatic heterocycles. The van der Waals surface area contributed by atoms with Crippen LogP contribution in [0.2, 0.25) is 0 Å². The lowest BCUT2D eigenvalue weighted by Gasteiger charge is -2.24. The molecule has 1 aromatic carbocycles. The fourth-order valence-electron chi connectivity index (χ4n) is 4.31. The molecule has 0 saturated carbocycles. The molecule has 3 aromatic rings. The molecule has 3 N–H and O–H groups in total. The highest BCUT2D eigenvalue weighted by molar-refractivity contribution is 7.89. The Morgan fingerprint density at radius 1 is 1.20 bits per heavy atom. The van der Waals surface area contributed by atoms with Gasteiger partial charge >= 0.3 is 0 Å². The molecule has 1 fully saturated rings. The van der Waals surface area contributed by atoms with Gasteiger partial charge in [-0.15, -0.1) is 0 Å². The third-order valence-corrected chi connectivity index (χ3v) is 7.97. The van der Waals surface area contributed by atoms with Gasteiger partial charge in [-0.1, -0.05) is 12.1 Å². The Morgan fingerprint density at radius 3 is 2.71 bits per heavy atom. The van der Waals surface area contributed by atoms with Crippen molar-refractivity contribution in [3.8, 4) is 0 Å². The van der Waals surface area contributed by atoms with E-state index in [-0.39, 0.29) is 30.0 Å². The number of aromatic nitrogens is 2. The summed E-state index contributed by atoms with van der Waals surface area (Å²) in [6, 6.07) is 10.0. The molecule has 0 radical (unpaired) electrons. The van der Waals surface area contributed by atoms with Crippen molar-refractivity contribution in [2.45, 2.75) is 43.2 Å². The van der Waals surface area contributed by atoms with Gasteiger partial charge in [0.2, 0.25) is 10.0 Å². The number of carbonyl (C=O) groups is 1. The zero-order valence-corrected chi connectivity index (χ0v) is 20.8. The number of benzene rings is 1. The Balaban J connectivity index is 1.26. The maximum absolute atomic E-state index is 12.8. The van der Waals surface area contributed by atoms with Gasteiger partial charge in [-0.05, 0) is 74.5 Å². The van der Waals surface area contributed by atoms with E-state index in [4.69, 9.17) is 4.74 Å². The van der Waals surface area contributed by atoms with Crippen molar-refractivity contribution in [3.05, 3.63) is 66.1 Å². The van der Waals surface area contributed by atoms with Gasteiger partial charge in [-0.25, -0.2) is 18.1 Å². The number of piperidine rings is 1. The van der Waals surface area contributed by atoms with Crippen LogP contribution in [0.1, 0.15) is 41.6 Å². The van der Waals surface area contributed by atoms with Crippen molar-refractivity contribution in [1.82, 2.24) is 24.7 Å². The second-order valence-electron chi connectivity index (χ2n) is 8.92. The average molecular weight is 500 g/mol. The summed E-state index contributed by atoms with van der Waals surface area (Å²) in [5, 5.41) is 6.22. The Hall–Kier alpha value is -2.79. The molecule has 0 aliphatic carbocycles. The number of pyridine rings is 1. The van der Waals surface area contributed by atoms with Crippen molar-refractivity contribution >= 4 is 21.6 Å². The Morgan fingerprint density at radius 2 is 1.97 bits per heavy atom. The van der Waals surface area contributed by atoms with Crippen LogP contribution in [0.25, 0.3) is 5.65 Å². The summed E-state index contributed by atoms with van der Waals surface area (Å²) in [6.07, 6.45) is 9.21. The molecule has 0 spiro atoms. The maximum atomic E-state index is 12.8. The fraction of sp³-hybridized carbons (Fsp3) is 0.440. The maximum Gasteiger partial charge on any atom is 0.253 e. The number of nitrogens with zero attached hydrogens (tertiary/aromatic N) is 2. The monoisotopic (exact) mass is 499 g/mol. The fourth-order valence-corrected chi connectivity index (χ4v) is 5.37. The second-order valence-corrected chi connectivity index (χ2v) is 10.7. The number of imidazole rings is 1. The molecule has 1 aliphatic rings. The van der Waals surface area contributed by atoms with Crippen LogP contribution < -0.4 is 15.4 Å². The van der Waals surface area contributed by atoms with E-state index in [2.05, 4.69) is 20.3 Å². The smallest absolute Gasteiger partial charge is 0.253 e. The van der Waals surface area contributed by atoms with Crippen LogP contribution in [-0.4, -0.2) is 56.6 Å². The molecule has 0 bridgehead atoms. The summed E-state index contributed by atoms with van der Waals surface area (Å²) in [6.45, 7) is 2.63. The highest BCUT2D eigenvalue weighted by atomic mass is 32.2. The summed E-state index contributed by atoms with van der Waals surface area (Å²) in [5.74, 6) is 0.460. The Labute approximate surface area is 206 Å². The van der Waals surface area contributed by atoms with Gasteiger partial charge in [0.05, 0.1) is 16.6 Å². The van der Waals surface area contributed by atoms with Crippen molar-refractivity contribution in [1.29, 1.82) is 0 Å². The predicted molar refractivity (Wildman–Crippen MR) is 134 cm³/mol. The number of fused-ring (bicyclic) bond motifs is 1. The molecule has 10 heteroatoms. The van der Waals surface area contributed by atoms with Crippen LogP contribution in [0.15, 0.2) is 59.9 Å². The topological polar surface area (TPSA) is 114 Å². The molecule has 4 rings (SSSR count). The Kier molecular flexibility index (Phi) is 8.50. The van der Waals surface area contributed by atoms with Crippen molar-refractivity contribution in [3.63, 3.8) is 0 Å². The number of rotatable bonds is 11. The van der Waals surface area contributed by atoms with Crippen LogP contribution in [0.3, 0.4) is 0 Å². The molecule has 188 valence electrons. The number of hydrogen-bond donors (Lipinski definition) is 3. The highest BCUT2D eigenvalue weighted by Crippen LogP contribution is 2.20. The second kappa shape index (κ2) is 11.8. The molecule has 1 atom stereocenters. The van der Waals surface area contributed by atoms with E-state index in [1.165, 1.54) is 0 Å². The molecule has 3 heterocycles. The lowest BCUT2D eigenvalue weighted by molar-refractivity contribution is 0.0909. The zero-order valence-electron chi connectivity index (χ0n) is 19.9. The summed E-state index contributed by atoms with van der Waals surface area (Å²) in [4.78, 5) is 16.8. The third kappa shape index (κ3) is 6.88. The number of ether oxygens (including phenoxy) is 1. The molecule has 1 aliphatic heterocycles. The first-order valence-electron chi connectivity index (χ1n) is 12.0. The molecule has 1 unspecified atom stereocenters. The van der Waals surface area contributed by atoms with Crippen LogP contribution in [0.4, 0.5) is 0 Å². The standard InChI is InChI=1S/C25H33N5O4S/c1-34-22(6-2-19-10-12-26-13-11-19)17-29-35(32,33)23-7-3-20(4-8-23)16-28-25(31)21-5-9-24-27-14-15-30(24)18-21/h3-5,7-9,14-15,18-19,22,26,29H,2,6,10-13,16-17H2,1H3,(H,28,31). The van der Waals surface area contributed by atoms with E-state index in [0.29, 0.717) is 11.5 Å². The first-order chi connectivity index (χ1) is 16.9. The molecule has 35 heavy (non-hydrogen) atoms. The first-order valence-corrected chi connectivity index (χ1v) is 13.5. The number of sulfonamides is 1. The van der Waals surface area contributed by atoms with Crippen molar-refractivity contribution in [2.24, 2.45) is 5.92 Å². The van der Waals surface area contributed by atoms with E-state index < -0.39 is 10.0 Å². The van der Waals surface area contributed by atoms with Crippen molar-refractivity contribution in [2.75, 3.05) is 26.7 Å². The van der Waals surface area contributed by atoms with E-state index >= 15 is 0 Å². The van der Waals surface area contributed by atoms with Crippen LogP contribution >= 0.6 is 0 Å². The van der Waals surface area contributed by atoms with Gasteiger partial charge in [0.15, 0.2) is 0 Å². The van der Waals surface area contributed by atoms with Gasteiger partial charge in [0.1, 0.15) is 5.65 Å². The largest absolute Gasteiger partial charge is 0.380 e. The van der Waals surface area contributed by atoms with Crippen LogP contribution in [0.5, 0.6) is 0 Å². The van der Waals surface area contributed by atoms with Crippen LogP contribution in [-0.2, 0) is 21.3 Å². The summed E-state index contributed by atoms with van der Waals surface area (Å²) >= 11 is 0. The van der Waals surface area contributed by atoms with Gasteiger partial charge in [0, 0.05) is 38.8 Å². The molecular weight excluding hydrogens is 466 g/mol. The number of carbonyl (C=O) groups excluding carboxylic acids is 1. The molecule has 1 amide bonds. The van der Waals surface area contributed by atoms with Gasteiger partial charge in [-0.2, -0.15) is 0 Å². The number of methoxy groups -OCH3 is 1. The highest BCUT2D eigenvalue weighted by Gasteiger charge is 2.19. The summed E-state index contributed by atoms with van der Waals surface area (Å²) < 4.78 is 35.5. The van der Waals surface area contributed by atoms with E-state index in [1.807, 2.05) is 0 Å². The van der Waals surface area contributed by atoms with Crippen molar-refractivity contribution < 1.29 is 17.9 Å².